The van der Waals surface area contributed by atoms with Gasteiger partial charge in [0.25, 0.3) is 0 Å². The minimum absolute atomic E-state index is 0.0538. The molecule has 1 aliphatic heterocycles. The summed E-state index contributed by atoms with van der Waals surface area (Å²) < 4.78 is 12.6. The maximum Gasteiger partial charge on any atom is 0.250 e. The smallest absolute Gasteiger partial charge is 0.250 e. The van der Waals surface area contributed by atoms with E-state index in [0.29, 0.717) is 16.5 Å². The monoisotopic (exact) mass is 493 g/mol. The number of hydrogen-bond donors (Lipinski definition) is 2. The van der Waals surface area contributed by atoms with Gasteiger partial charge < -0.3 is 29.6 Å². The lowest BCUT2D eigenvalue weighted by Gasteiger charge is -2.28. The number of aromatic nitrogens is 2. The molecule has 3 aromatic rings. The maximum absolute atomic E-state index is 12.2. The molecule has 1 aliphatic rings. The number of ether oxygens (including phenoxy) is 2. The topological polar surface area (TPSA) is 80.7 Å². The third kappa shape index (κ3) is 5.16. The summed E-state index contributed by atoms with van der Waals surface area (Å²) in [5, 5.41) is 6.92. The van der Waals surface area contributed by atoms with Crippen LogP contribution in [0.15, 0.2) is 61.1 Å². The summed E-state index contributed by atoms with van der Waals surface area (Å²) in [6.45, 7) is 6.45. The fourth-order valence-corrected chi connectivity index (χ4v) is 4.58. The van der Waals surface area contributed by atoms with Gasteiger partial charge in [0, 0.05) is 36.9 Å². The van der Waals surface area contributed by atoms with Crippen LogP contribution in [0.25, 0.3) is 0 Å². The molecule has 0 radical (unpaired) electrons. The molecule has 1 aromatic carbocycles. The van der Waals surface area contributed by atoms with Crippen molar-refractivity contribution in [2.24, 2.45) is 0 Å². The number of hydrogen-bond acceptors (Lipinski definition) is 5. The van der Waals surface area contributed by atoms with Crippen molar-refractivity contribution >= 4 is 34.6 Å². The third-order valence-corrected chi connectivity index (χ3v) is 6.26. The number of nitrogens with one attached hydrogen (secondary N) is 2. The van der Waals surface area contributed by atoms with E-state index in [0.717, 1.165) is 16.9 Å². The molecule has 2 N–H and O–H groups in total. The number of methoxy groups -OCH3 is 2. The van der Waals surface area contributed by atoms with Gasteiger partial charge in [-0.1, -0.05) is 6.07 Å². The summed E-state index contributed by atoms with van der Waals surface area (Å²) in [5.74, 6) is 0.281. The van der Waals surface area contributed by atoms with E-state index in [1.165, 1.54) is 7.11 Å². The molecule has 0 aliphatic carbocycles. The lowest BCUT2D eigenvalue weighted by atomic mass is 9.98. The number of rotatable bonds is 7. The first kappa shape index (κ1) is 24.7. The molecule has 2 atom stereocenters. The van der Waals surface area contributed by atoms with Gasteiger partial charge >= 0.3 is 0 Å². The van der Waals surface area contributed by atoms with Crippen molar-refractivity contribution < 1.29 is 14.3 Å². The highest BCUT2D eigenvalue weighted by Crippen LogP contribution is 2.43. The lowest BCUT2D eigenvalue weighted by Crippen LogP contribution is -2.29. The van der Waals surface area contributed by atoms with Gasteiger partial charge in [-0.05, 0) is 75.0 Å². The van der Waals surface area contributed by atoms with Crippen molar-refractivity contribution in [2.45, 2.75) is 38.4 Å². The molecule has 9 heteroatoms. The van der Waals surface area contributed by atoms with Crippen LogP contribution in [0.3, 0.4) is 0 Å². The summed E-state index contributed by atoms with van der Waals surface area (Å²) in [7, 11) is 3.05. The van der Waals surface area contributed by atoms with Crippen LogP contribution in [-0.4, -0.2) is 41.4 Å². The van der Waals surface area contributed by atoms with Crippen molar-refractivity contribution in [3.8, 4) is 5.75 Å². The van der Waals surface area contributed by atoms with E-state index < -0.39 is 0 Å². The maximum atomic E-state index is 12.2. The van der Waals surface area contributed by atoms with Crippen LogP contribution in [0.1, 0.15) is 44.1 Å². The zero-order valence-corrected chi connectivity index (χ0v) is 21.4. The van der Waals surface area contributed by atoms with E-state index in [1.54, 1.807) is 13.3 Å². The number of benzene rings is 1. The second-order valence-corrected chi connectivity index (χ2v) is 9.77. The Morgan fingerprint density at radius 2 is 2.00 bits per heavy atom. The fraction of sp³-hybridized carbons (Fsp3) is 0.346. The van der Waals surface area contributed by atoms with Crippen molar-refractivity contribution in [2.75, 3.05) is 31.0 Å². The Bertz CT molecular complexity index is 1210. The average Bonchev–Trinajstić information content (AvgIpc) is 3.44. The number of carbonyl (C=O) groups excluding carboxylic acids is 1. The summed E-state index contributed by atoms with van der Waals surface area (Å²) >= 11 is 5.83. The van der Waals surface area contributed by atoms with Crippen LogP contribution in [-0.2, 0) is 15.1 Å². The van der Waals surface area contributed by atoms with Crippen LogP contribution in [0.2, 0.25) is 0 Å². The summed E-state index contributed by atoms with van der Waals surface area (Å²) in [6, 6.07) is 13.3. The highest BCUT2D eigenvalue weighted by Gasteiger charge is 2.41. The Hall–Kier alpha value is -3.43. The minimum Gasteiger partial charge on any atom is -0.495 e. The Kier molecular flexibility index (Phi) is 7.09. The van der Waals surface area contributed by atoms with Gasteiger partial charge in [-0.2, -0.15) is 0 Å². The van der Waals surface area contributed by atoms with E-state index in [1.807, 2.05) is 36.4 Å². The molecule has 0 bridgehead atoms. The van der Waals surface area contributed by atoms with Gasteiger partial charge in [0.2, 0.25) is 5.91 Å². The summed E-state index contributed by atoms with van der Waals surface area (Å²) in [6.07, 6.45) is 6.04. The first-order valence-electron chi connectivity index (χ1n) is 11.4. The Balaban J connectivity index is 1.79. The van der Waals surface area contributed by atoms with Crippen LogP contribution in [0, 0.1) is 0 Å². The van der Waals surface area contributed by atoms with Gasteiger partial charge in [0.1, 0.15) is 12.4 Å². The quantitative estimate of drug-likeness (QED) is 0.472. The van der Waals surface area contributed by atoms with Gasteiger partial charge in [-0.15, -0.1) is 0 Å². The number of nitrogens with zero attached hydrogens (tertiary/aromatic N) is 3. The molecule has 1 saturated heterocycles. The van der Waals surface area contributed by atoms with Crippen molar-refractivity contribution in [1.29, 1.82) is 0 Å². The number of pyridine rings is 1. The molecule has 1 amide bonds. The van der Waals surface area contributed by atoms with Gasteiger partial charge in [0.15, 0.2) is 5.11 Å². The molecule has 1 fully saturated rings. The van der Waals surface area contributed by atoms with Crippen LogP contribution in [0.5, 0.6) is 5.75 Å². The molecule has 3 heterocycles. The number of amides is 1. The van der Waals surface area contributed by atoms with E-state index in [9.17, 15) is 4.79 Å². The predicted molar refractivity (Wildman–Crippen MR) is 141 cm³/mol. The second-order valence-electron chi connectivity index (χ2n) is 9.39. The summed E-state index contributed by atoms with van der Waals surface area (Å²) in [4.78, 5) is 18.9. The number of carbonyl (C=O) groups is 1. The molecule has 184 valence electrons. The molecular formula is C26H31N5O3S. The zero-order valence-electron chi connectivity index (χ0n) is 20.6. The van der Waals surface area contributed by atoms with E-state index >= 15 is 0 Å². The normalized spacial score (nSPS) is 17.9. The van der Waals surface area contributed by atoms with E-state index in [4.69, 9.17) is 21.7 Å². The molecule has 2 unspecified atom stereocenters. The number of anilines is 2. The van der Waals surface area contributed by atoms with Crippen LogP contribution < -0.4 is 20.3 Å². The molecule has 2 aromatic heterocycles. The molecule has 8 nitrogen and oxygen atoms in total. The molecule has 35 heavy (non-hydrogen) atoms. The largest absolute Gasteiger partial charge is 0.495 e. The van der Waals surface area contributed by atoms with Gasteiger partial charge in [0.05, 0.1) is 30.6 Å². The number of thiocarbonyl (C=S) groups is 1. The van der Waals surface area contributed by atoms with E-state index in [2.05, 4.69) is 64.3 Å². The van der Waals surface area contributed by atoms with Crippen molar-refractivity contribution in [1.82, 2.24) is 14.9 Å². The highest BCUT2D eigenvalue weighted by molar-refractivity contribution is 7.80. The van der Waals surface area contributed by atoms with Crippen molar-refractivity contribution in [3.05, 3.63) is 72.3 Å². The SMILES string of the molecule is COCC(=O)Nc1cc(N2C(=S)NC(c3ccccn3)C2c2ccn(C(C)(C)C)c2)ccc1OC. The predicted octanol–water partition coefficient (Wildman–Crippen LogP) is 4.41. The fourth-order valence-electron chi connectivity index (χ4n) is 4.24. The minimum atomic E-state index is -0.268. The first-order chi connectivity index (χ1) is 16.7. The Morgan fingerprint density at radius 3 is 2.63 bits per heavy atom. The molecule has 0 saturated carbocycles. The van der Waals surface area contributed by atoms with Crippen molar-refractivity contribution in [3.63, 3.8) is 0 Å². The van der Waals surface area contributed by atoms with Crippen LogP contribution >= 0.6 is 12.2 Å². The Labute approximate surface area is 211 Å². The molecule has 0 spiro atoms. The summed E-state index contributed by atoms with van der Waals surface area (Å²) in [5.41, 5.74) is 3.30. The first-order valence-corrected chi connectivity index (χ1v) is 11.8. The van der Waals surface area contributed by atoms with Gasteiger partial charge in [-0.3, -0.25) is 9.78 Å². The Morgan fingerprint density at radius 1 is 1.20 bits per heavy atom. The standard InChI is InChI=1S/C26H31N5O3S/c1-26(2,3)30-13-11-17(15-30)24-23(19-8-6-7-12-27-19)29-25(35)31(24)18-9-10-21(34-5)20(14-18)28-22(32)16-33-4/h6-15,23-24H,16H2,1-5H3,(H,28,32)(H,29,35). The molecular weight excluding hydrogens is 462 g/mol. The van der Waals surface area contributed by atoms with Crippen LogP contribution in [0.4, 0.5) is 11.4 Å². The lowest BCUT2D eigenvalue weighted by molar-refractivity contribution is -0.119. The van der Waals surface area contributed by atoms with E-state index in [-0.39, 0.29) is 30.1 Å². The van der Waals surface area contributed by atoms with Gasteiger partial charge in [-0.25, -0.2) is 0 Å². The zero-order chi connectivity index (χ0) is 25.2. The average molecular weight is 494 g/mol. The highest BCUT2D eigenvalue weighted by atomic mass is 32.1. The molecule has 4 rings (SSSR count). The third-order valence-electron chi connectivity index (χ3n) is 5.94. The second kappa shape index (κ2) is 10.1.